The molecule has 1 fully saturated rings. The van der Waals surface area contributed by atoms with Crippen LogP contribution in [0.15, 0.2) is 18.5 Å². The molecule has 0 unspecified atom stereocenters. The Morgan fingerprint density at radius 2 is 1.79 bits per heavy atom. The van der Waals surface area contributed by atoms with E-state index in [-0.39, 0.29) is 0 Å². The smallest absolute Gasteiger partial charge is 0.237 e. The highest BCUT2D eigenvalue weighted by atomic mass is 15.5. The van der Waals surface area contributed by atoms with Crippen molar-refractivity contribution in [1.29, 1.82) is 0 Å². The van der Waals surface area contributed by atoms with Gasteiger partial charge in [0.1, 0.15) is 0 Å². The van der Waals surface area contributed by atoms with Crippen molar-refractivity contribution in [3.8, 4) is 0 Å². The zero-order valence-electron chi connectivity index (χ0n) is 8.35. The van der Waals surface area contributed by atoms with E-state index in [2.05, 4.69) is 32.4 Å². The fourth-order valence-corrected chi connectivity index (χ4v) is 1.42. The van der Waals surface area contributed by atoms with Crippen LogP contribution in [0.1, 0.15) is 0 Å². The predicted molar refractivity (Wildman–Crippen MR) is 54.7 cm³/mol. The van der Waals surface area contributed by atoms with Crippen LogP contribution in [0, 0.1) is 0 Å². The molecule has 2 heterocycles. The largest absolute Gasteiger partial charge is 0.304 e. The maximum atomic E-state index is 4.11. The van der Waals surface area contributed by atoms with Crippen LogP contribution in [0.3, 0.4) is 0 Å². The normalized spacial score (nSPS) is 19.5. The highest BCUT2D eigenvalue weighted by Crippen LogP contribution is 2.01. The molecule has 5 nitrogen and oxygen atoms in total. The molecule has 0 radical (unpaired) electrons. The quantitative estimate of drug-likeness (QED) is 0.719. The third-order valence-corrected chi connectivity index (χ3v) is 2.33. The van der Waals surface area contributed by atoms with Crippen molar-refractivity contribution < 1.29 is 0 Å². The second-order valence-corrected chi connectivity index (χ2v) is 3.47. The number of likely N-dealkylation sites (N-methyl/N-ethyl adjacent to an activating group) is 1. The van der Waals surface area contributed by atoms with Crippen LogP contribution in [0.25, 0.3) is 0 Å². The number of hydrazine groups is 1. The van der Waals surface area contributed by atoms with Gasteiger partial charge in [0.05, 0.1) is 0 Å². The Bertz CT molecular complexity index is 268. The Kier molecular flexibility index (Phi) is 2.90. The number of hydrogen-bond donors (Lipinski definition) is 1. The lowest BCUT2D eigenvalue weighted by atomic mass is 10.4. The molecule has 0 spiro atoms. The first-order chi connectivity index (χ1) is 6.84. The molecular formula is C9H15N5. The van der Waals surface area contributed by atoms with Crippen molar-refractivity contribution in [1.82, 2.24) is 19.9 Å². The van der Waals surface area contributed by atoms with Crippen LogP contribution >= 0.6 is 0 Å². The van der Waals surface area contributed by atoms with Crippen LogP contribution in [0.2, 0.25) is 0 Å². The molecule has 1 aliphatic heterocycles. The van der Waals surface area contributed by atoms with Gasteiger partial charge in [-0.05, 0) is 13.1 Å². The standard InChI is InChI=1S/C9H15N5/c1-13-5-7-14(8-6-13)12-9-10-3-2-4-11-9/h2-4H,5-8H2,1H3,(H,10,11,12). The molecule has 0 atom stereocenters. The molecule has 0 bridgehead atoms. The summed E-state index contributed by atoms with van der Waals surface area (Å²) in [6.07, 6.45) is 3.48. The van der Waals surface area contributed by atoms with Gasteiger partial charge < -0.3 is 4.90 Å². The van der Waals surface area contributed by atoms with Crippen molar-refractivity contribution in [2.45, 2.75) is 0 Å². The summed E-state index contributed by atoms with van der Waals surface area (Å²) < 4.78 is 0. The molecule has 1 aromatic rings. The van der Waals surface area contributed by atoms with Crippen LogP contribution in [0.5, 0.6) is 0 Å². The summed E-state index contributed by atoms with van der Waals surface area (Å²) in [5.74, 6) is 0.678. The first-order valence-electron chi connectivity index (χ1n) is 4.82. The van der Waals surface area contributed by atoms with E-state index in [1.54, 1.807) is 12.4 Å². The molecule has 1 aliphatic rings. The van der Waals surface area contributed by atoms with E-state index in [0.717, 1.165) is 26.2 Å². The van der Waals surface area contributed by atoms with Gasteiger partial charge in [0, 0.05) is 38.6 Å². The third kappa shape index (κ3) is 2.40. The van der Waals surface area contributed by atoms with Gasteiger partial charge in [0.2, 0.25) is 5.95 Å². The Morgan fingerprint density at radius 1 is 1.14 bits per heavy atom. The molecule has 1 aromatic heterocycles. The Hall–Kier alpha value is -1.20. The van der Waals surface area contributed by atoms with Crippen molar-refractivity contribution in [2.75, 3.05) is 38.7 Å². The number of hydrogen-bond acceptors (Lipinski definition) is 5. The number of piperazine rings is 1. The molecule has 5 heteroatoms. The fourth-order valence-electron chi connectivity index (χ4n) is 1.42. The lowest BCUT2D eigenvalue weighted by molar-refractivity contribution is 0.178. The predicted octanol–water partition coefficient (Wildman–Crippen LogP) is 0.0509. The summed E-state index contributed by atoms with van der Waals surface area (Å²) in [5, 5.41) is 2.15. The summed E-state index contributed by atoms with van der Waals surface area (Å²) in [4.78, 5) is 10.5. The van der Waals surface area contributed by atoms with E-state index in [9.17, 15) is 0 Å². The minimum atomic E-state index is 0.678. The van der Waals surface area contributed by atoms with Gasteiger partial charge in [0.15, 0.2) is 0 Å². The van der Waals surface area contributed by atoms with Crippen LogP contribution in [-0.2, 0) is 0 Å². The van der Waals surface area contributed by atoms with Gasteiger partial charge >= 0.3 is 0 Å². The lowest BCUT2D eigenvalue weighted by Crippen LogP contribution is -2.47. The number of nitrogens with one attached hydrogen (secondary N) is 1. The van der Waals surface area contributed by atoms with E-state index in [1.165, 1.54) is 0 Å². The summed E-state index contributed by atoms with van der Waals surface area (Å²) in [6, 6.07) is 1.81. The number of rotatable bonds is 2. The first kappa shape index (κ1) is 9.36. The average molecular weight is 193 g/mol. The first-order valence-corrected chi connectivity index (χ1v) is 4.82. The van der Waals surface area contributed by atoms with Crippen molar-refractivity contribution in [3.05, 3.63) is 18.5 Å². The molecule has 2 rings (SSSR count). The monoisotopic (exact) mass is 193 g/mol. The van der Waals surface area contributed by atoms with Gasteiger partial charge in [-0.2, -0.15) is 0 Å². The van der Waals surface area contributed by atoms with Gasteiger partial charge in [-0.3, -0.25) is 5.43 Å². The maximum absolute atomic E-state index is 4.11. The summed E-state index contributed by atoms with van der Waals surface area (Å²) in [5.41, 5.74) is 3.19. The van der Waals surface area contributed by atoms with Crippen LogP contribution in [0.4, 0.5) is 5.95 Å². The Labute approximate surface area is 83.7 Å². The lowest BCUT2D eigenvalue weighted by Gasteiger charge is -2.32. The number of anilines is 1. The highest BCUT2D eigenvalue weighted by molar-refractivity contribution is 5.20. The Morgan fingerprint density at radius 3 is 2.43 bits per heavy atom. The van der Waals surface area contributed by atoms with E-state index < -0.39 is 0 Å². The summed E-state index contributed by atoms with van der Waals surface area (Å²) in [6.45, 7) is 4.18. The summed E-state index contributed by atoms with van der Waals surface area (Å²) >= 11 is 0. The van der Waals surface area contributed by atoms with Crippen LogP contribution < -0.4 is 5.43 Å². The van der Waals surface area contributed by atoms with E-state index in [4.69, 9.17) is 0 Å². The van der Waals surface area contributed by atoms with Gasteiger partial charge in [-0.25, -0.2) is 15.0 Å². The molecule has 14 heavy (non-hydrogen) atoms. The third-order valence-electron chi connectivity index (χ3n) is 2.33. The maximum Gasteiger partial charge on any atom is 0.237 e. The molecule has 1 N–H and O–H groups in total. The SMILES string of the molecule is CN1CCN(Nc2ncccn2)CC1. The van der Waals surface area contributed by atoms with Gasteiger partial charge in [-0.1, -0.05) is 0 Å². The molecule has 0 aliphatic carbocycles. The minimum Gasteiger partial charge on any atom is -0.304 e. The molecule has 76 valence electrons. The molecular weight excluding hydrogens is 178 g/mol. The second kappa shape index (κ2) is 4.34. The molecule has 1 saturated heterocycles. The van der Waals surface area contributed by atoms with Crippen molar-refractivity contribution in [2.24, 2.45) is 0 Å². The van der Waals surface area contributed by atoms with Crippen molar-refractivity contribution in [3.63, 3.8) is 0 Å². The zero-order valence-corrected chi connectivity index (χ0v) is 8.35. The van der Waals surface area contributed by atoms with E-state index in [1.807, 2.05) is 6.07 Å². The van der Waals surface area contributed by atoms with E-state index >= 15 is 0 Å². The second-order valence-electron chi connectivity index (χ2n) is 3.47. The van der Waals surface area contributed by atoms with E-state index in [0.29, 0.717) is 5.95 Å². The average Bonchev–Trinajstić information content (AvgIpc) is 2.23. The minimum absolute atomic E-state index is 0.678. The van der Waals surface area contributed by atoms with Crippen LogP contribution in [-0.4, -0.2) is 53.1 Å². The van der Waals surface area contributed by atoms with Crippen molar-refractivity contribution >= 4 is 5.95 Å². The summed E-state index contributed by atoms with van der Waals surface area (Å²) in [7, 11) is 2.14. The van der Waals surface area contributed by atoms with Gasteiger partial charge in [0.25, 0.3) is 0 Å². The number of aromatic nitrogens is 2. The topological polar surface area (TPSA) is 44.3 Å². The zero-order chi connectivity index (χ0) is 9.80. The highest BCUT2D eigenvalue weighted by Gasteiger charge is 2.13. The molecule has 0 aromatic carbocycles. The fraction of sp³-hybridized carbons (Fsp3) is 0.556. The Balaban J connectivity index is 1.87. The van der Waals surface area contributed by atoms with Gasteiger partial charge in [-0.15, -0.1) is 0 Å². The molecule has 0 amide bonds. The molecule has 0 saturated carbocycles. The number of nitrogens with zero attached hydrogens (tertiary/aromatic N) is 4.